The van der Waals surface area contributed by atoms with Gasteiger partial charge in [0, 0.05) is 6.54 Å². The molecule has 0 spiro atoms. The van der Waals surface area contributed by atoms with Crippen LogP contribution in [0.25, 0.3) is 0 Å². The summed E-state index contributed by atoms with van der Waals surface area (Å²) >= 11 is 0. The predicted molar refractivity (Wildman–Crippen MR) is 86.7 cm³/mol. The summed E-state index contributed by atoms with van der Waals surface area (Å²) in [6.07, 6.45) is 1.61. The van der Waals surface area contributed by atoms with Crippen LogP contribution in [0.15, 0.2) is 0 Å². The second-order valence-electron chi connectivity index (χ2n) is 5.08. The second kappa shape index (κ2) is 15.8. The molecule has 0 saturated carbocycles. The van der Waals surface area contributed by atoms with E-state index in [1.54, 1.807) is 0 Å². The highest BCUT2D eigenvalue weighted by Gasteiger charge is 2.27. The third-order valence-corrected chi connectivity index (χ3v) is 3.46. The largest absolute Gasteiger partial charge is 0.474 e. The molecule has 22 heavy (non-hydrogen) atoms. The minimum Gasteiger partial charge on any atom is -0.394 e. The van der Waals surface area contributed by atoms with Gasteiger partial charge in [0.25, 0.3) is 0 Å². The van der Waals surface area contributed by atoms with Gasteiger partial charge in [-0.05, 0) is 27.6 Å². The van der Waals surface area contributed by atoms with Crippen LogP contribution in [0.2, 0.25) is 0 Å². The van der Waals surface area contributed by atoms with Crippen molar-refractivity contribution < 1.29 is 28.3 Å². The molecular weight excluding hydrogens is 311 g/mol. The van der Waals surface area contributed by atoms with Gasteiger partial charge in [-0.15, -0.1) is 0 Å². The van der Waals surface area contributed by atoms with E-state index in [9.17, 15) is 4.57 Å². The van der Waals surface area contributed by atoms with Gasteiger partial charge in [-0.1, -0.05) is 19.8 Å². The van der Waals surface area contributed by atoms with Crippen LogP contribution in [0.5, 0.6) is 0 Å². The lowest BCUT2D eigenvalue weighted by Gasteiger charge is -2.18. The van der Waals surface area contributed by atoms with Crippen molar-refractivity contribution in [2.45, 2.75) is 32.3 Å². The van der Waals surface area contributed by atoms with Crippen LogP contribution in [0.3, 0.4) is 0 Å². The van der Waals surface area contributed by atoms with E-state index in [4.69, 9.17) is 29.5 Å². The predicted octanol–water partition coefficient (Wildman–Crippen LogP) is 0.824. The van der Waals surface area contributed by atoms with Crippen LogP contribution in [0.1, 0.15) is 26.2 Å². The summed E-state index contributed by atoms with van der Waals surface area (Å²) in [5.74, 6) is 0. The molecule has 0 aromatic carbocycles. The van der Waals surface area contributed by atoms with Crippen molar-refractivity contribution in [3.63, 3.8) is 0 Å². The molecule has 4 N–H and O–H groups in total. The zero-order valence-electron chi connectivity index (χ0n) is 14.2. The van der Waals surface area contributed by atoms with Crippen LogP contribution in [0.4, 0.5) is 0 Å². The van der Waals surface area contributed by atoms with E-state index in [0.29, 0.717) is 0 Å². The van der Waals surface area contributed by atoms with E-state index >= 15 is 0 Å². The van der Waals surface area contributed by atoms with E-state index in [0.717, 1.165) is 19.3 Å². The van der Waals surface area contributed by atoms with Crippen molar-refractivity contribution in [3.05, 3.63) is 0 Å². The Labute approximate surface area is 134 Å². The molecular formula is C13H33N2O6P. The number of phosphoric acid groups is 1. The van der Waals surface area contributed by atoms with Crippen molar-refractivity contribution in [3.8, 4) is 0 Å². The number of hydrogen-bond acceptors (Lipinski definition) is 8. The fraction of sp³-hybridized carbons (Fsp3) is 1.00. The SMILES string of the molecule is CCCCCOP(=O)(OCCN)OCC(O)CO.CN(C)C. The molecule has 0 aromatic rings. The number of phosphoric ester groups is 1. The van der Waals surface area contributed by atoms with E-state index in [1.807, 2.05) is 33.0 Å². The van der Waals surface area contributed by atoms with Gasteiger partial charge in [0.1, 0.15) is 6.10 Å². The highest BCUT2D eigenvalue weighted by atomic mass is 31.2. The molecule has 0 saturated heterocycles. The molecule has 136 valence electrons. The summed E-state index contributed by atoms with van der Waals surface area (Å²) in [5, 5.41) is 17.8. The number of nitrogens with two attached hydrogens (primary N) is 1. The molecule has 0 heterocycles. The first-order valence-corrected chi connectivity index (χ1v) is 8.90. The number of hydrogen-bond donors (Lipinski definition) is 3. The molecule has 0 fully saturated rings. The minimum absolute atomic E-state index is 0.0419. The highest BCUT2D eigenvalue weighted by molar-refractivity contribution is 7.48. The van der Waals surface area contributed by atoms with Gasteiger partial charge < -0.3 is 20.8 Å². The quantitative estimate of drug-likeness (QED) is 0.352. The molecule has 0 radical (unpaired) electrons. The van der Waals surface area contributed by atoms with Crippen molar-refractivity contribution in [2.24, 2.45) is 5.73 Å². The first-order valence-electron chi connectivity index (χ1n) is 7.44. The van der Waals surface area contributed by atoms with E-state index in [2.05, 4.69) is 0 Å². The van der Waals surface area contributed by atoms with Gasteiger partial charge in [-0.2, -0.15) is 0 Å². The average Bonchev–Trinajstić information content (AvgIpc) is 2.47. The first-order chi connectivity index (χ1) is 10.3. The molecule has 9 heteroatoms. The first kappa shape index (κ1) is 24.2. The van der Waals surface area contributed by atoms with Crippen LogP contribution >= 0.6 is 7.82 Å². The molecule has 0 aliphatic rings. The number of nitrogens with zero attached hydrogens (tertiary/aromatic N) is 1. The maximum Gasteiger partial charge on any atom is 0.474 e. The maximum atomic E-state index is 12.0. The maximum absolute atomic E-state index is 12.0. The lowest BCUT2D eigenvalue weighted by Crippen LogP contribution is -2.20. The Morgan fingerprint density at radius 3 is 2.14 bits per heavy atom. The van der Waals surface area contributed by atoms with Crippen molar-refractivity contribution >= 4 is 7.82 Å². The fourth-order valence-corrected chi connectivity index (χ4v) is 2.29. The van der Waals surface area contributed by atoms with Crippen LogP contribution in [-0.4, -0.2) is 75.3 Å². The molecule has 8 nitrogen and oxygen atoms in total. The van der Waals surface area contributed by atoms with Crippen molar-refractivity contribution in [2.75, 3.05) is 54.1 Å². The number of aliphatic hydroxyl groups excluding tert-OH is 2. The Bertz CT molecular complexity index is 279. The van der Waals surface area contributed by atoms with Crippen molar-refractivity contribution in [1.82, 2.24) is 4.90 Å². The topological polar surface area (TPSA) is 114 Å². The average molecular weight is 344 g/mol. The van der Waals surface area contributed by atoms with Gasteiger partial charge in [-0.25, -0.2) is 4.57 Å². The Kier molecular flexibility index (Phi) is 17.4. The molecule has 0 aliphatic heterocycles. The molecule has 0 bridgehead atoms. The molecule has 0 rings (SSSR count). The Balaban J connectivity index is 0. The molecule has 0 aliphatic carbocycles. The zero-order valence-corrected chi connectivity index (χ0v) is 15.1. The third-order valence-electron chi connectivity index (χ3n) is 2.00. The molecule has 0 amide bonds. The summed E-state index contributed by atoms with van der Waals surface area (Å²) in [5.41, 5.74) is 5.25. The normalized spacial score (nSPS) is 15.1. The standard InChI is InChI=1S/C10H24NO6P.C3H9N/c1-2-3-4-6-15-18(14,16-7-5-11)17-9-10(13)8-12;1-4(2)3/h10,12-13H,2-9,11H2,1H3;1-3H3. The number of rotatable bonds is 12. The van der Waals surface area contributed by atoms with E-state index < -0.39 is 20.5 Å². The Hall–Kier alpha value is -0.0500. The fourth-order valence-electron chi connectivity index (χ4n) is 1.03. The molecule has 2 unspecified atom stereocenters. The summed E-state index contributed by atoms with van der Waals surface area (Å²) in [7, 11) is 2.31. The van der Waals surface area contributed by atoms with E-state index in [1.165, 1.54) is 0 Å². The lowest BCUT2D eigenvalue weighted by molar-refractivity contribution is 0.0294. The van der Waals surface area contributed by atoms with Gasteiger partial charge in [0.2, 0.25) is 0 Å². The lowest BCUT2D eigenvalue weighted by atomic mass is 10.3. The summed E-state index contributed by atoms with van der Waals surface area (Å²) in [6, 6.07) is 0. The van der Waals surface area contributed by atoms with Gasteiger partial charge in [-0.3, -0.25) is 13.6 Å². The smallest absolute Gasteiger partial charge is 0.394 e. The Morgan fingerprint density at radius 2 is 1.68 bits per heavy atom. The summed E-state index contributed by atoms with van der Waals surface area (Å²) in [4.78, 5) is 2.00. The van der Waals surface area contributed by atoms with Gasteiger partial charge in [0.15, 0.2) is 0 Å². The highest BCUT2D eigenvalue weighted by Crippen LogP contribution is 2.49. The zero-order chi connectivity index (χ0) is 17.4. The van der Waals surface area contributed by atoms with Crippen molar-refractivity contribution in [1.29, 1.82) is 0 Å². The van der Waals surface area contributed by atoms with Crippen LogP contribution in [-0.2, 0) is 18.1 Å². The number of unbranched alkanes of at least 4 members (excludes halogenated alkanes) is 2. The Morgan fingerprint density at radius 1 is 1.14 bits per heavy atom. The third kappa shape index (κ3) is 18.0. The van der Waals surface area contributed by atoms with E-state index in [-0.39, 0.29) is 26.4 Å². The summed E-state index contributed by atoms with van der Waals surface area (Å²) in [6.45, 7) is 1.73. The number of aliphatic hydroxyl groups is 2. The van der Waals surface area contributed by atoms with Crippen LogP contribution < -0.4 is 5.73 Å². The van der Waals surface area contributed by atoms with Crippen LogP contribution in [0, 0.1) is 0 Å². The second-order valence-corrected chi connectivity index (χ2v) is 6.75. The summed E-state index contributed by atoms with van der Waals surface area (Å²) < 4.78 is 27.0. The molecule has 2 atom stereocenters. The van der Waals surface area contributed by atoms with Gasteiger partial charge in [0.05, 0.1) is 26.4 Å². The monoisotopic (exact) mass is 344 g/mol. The minimum atomic E-state index is -3.69. The van der Waals surface area contributed by atoms with Gasteiger partial charge >= 0.3 is 7.82 Å². The molecule has 0 aromatic heterocycles.